The molecule has 20 heavy (non-hydrogen) atoms. The van der Waals surface area contributed by atoms with Gasteiger partial charge in [0.05, 0.1) is 6.42 Å². The predicted molar refractivity (Wildman–Crippen MR) is 83.7 cm³/mol. The third-order valence-corrected chi connectivity index (χ3v) is 3.26. The van der Waals surface area contributed by atoms with Crippen molar-refractivity contribution in [2.45, 2.75) is 26.7 Å². The van der Waals surface area contributed by atoms with Gasteiger partial charge in [-0.1, -0.05) is 42.8 Å². The van der Waals surface area contributed by atoms with Crippen LogP contribution in [-0.4, -0.2) is 5.91 Å². The molecule has 0 fully saturated rings. The Hall–Kier alpha value is -2.29. The number of rotatable bonds is 4. The lowest BCUT2D eigenvalue weighted by Gasteiger charge is -2.09. The molecule has 0 bridgehead atoms. The van der Waals surface area contributed by atoms with Gasteiger partial charge in [-0.2, -0.15) is 0 Å². The van der Waals surface area contributed by atoms with Crippen LogP contribution in [-0.2, 0) is 17.6 Å². The van der Waals surface area contributed by atoms with Crippen molar-refractivity contribution in [1.29, 1.82) is 0 Å². The van der Waals surface area contributed by atoms with Gasteiger partial charge in [0.15, 0.2) is 0 Å². The lowest BCUT2D eigenvalue weighted by Crippen LogP contribution is -2.14. The minimum absolute atomic E-state index is 0.0285. The number of carbonyl (C=O) groups excluding carboxylic acids is 1. The Bertz CT molecular complexity index is 620. The first-order valence-electron chi connectivity index (χ1n) is 6.82. The van der Waals surface area contributed by atoms with E-state index >= 15 is 0 Å². The van der Waals surface area contributed by atoms with E-state index in [4.69, 9.17) is 5.73 Å². The standard InChI is InChI=1S/C17H20N2O/c1-3-14-7-8-15(11-16(14)18)19-17(20)10-13-6-4-5-12(2)9-13/h4-9,11H,3,10,18H2,1-2H3,(H,19,20). The zero-order chi connectivity index (χ0) is 14.5. The molecule has 0 atom stereocenters. The molecular formula is C17H20N2O. The molecule has 0 aliphatic carbocycles. The summed E-state index contributed by atoms with van der Waals surface area (Å²) in [5.74, 6) is -0.0285. The Morgan fingerprint density at radius 2 is 2.00 bits per heavy atom. The van der Waals surface area contributed by atoms with Crippen molar-refractivity contribution in [3.63, 3.8) is 0 Å². The lowest BCUT2D eigenvalue weighted by atomic mass is 10.1. The molecule has 0 aliphatic rings. The minimum atomic E-state index is -0.0285. The van der Waals surface area contributed by atoms with Gasteiger partial charge < -0.3 is 11.1 Å². The van der Waals surface area contributed by atoms with Gasteiger partial charge in [-0.25, -0.2) is 0 Å². The summed E-state index contributed by atoms with van der Waals surface area (Å²) < 4.78 is 0. The van der Waals surface area contributed by atoms with E-state index in [0.717, 1.165) is 34.5 Å². The quantitative estimate of drug-likeness (QED) is 0.836. The first-order chi connectivity index (χ1) is 9.58. The van der Waals surface area contributed by atoms with Gasteiger partial charge in [0, 0.05) is 11.4 Å². The van der Waals surface area contributed by atoms with Crippen LogP contribution in [0.4, 0.5) is 11.4 Å². The second kappa shape index (κ2) is 6.24. The number of hydrogen-bond acceptors (Lipinski definition) is 2. The van der Waals surface area contributed by atoms with Crippen LogP contribution in [0.15, 0.2) is 42.5 Å². The SMILES string of the molecule is CCc1ccc(NC(=O)Cc2cccc(C)c2)cc1N. The molecule has 104 valence electrons. The second-order valence-corrected chi connectivity index (χ2v) is 4.98. The topological polar surface area (TPSA) is 55.1 Å². The summed E-state index contributed by atoms with van der Waals surface area (Å²) in [6, 6.07) is 13.6. The van der Waals surface area contributed by atoms with E-state index in [0.29, 0.717) is 6.42 Å². The maximum Gasteiger partial charge on any atom is 0.228 e. The van der Waals surface area contributed by atoms with Crippen LogP contribution in [0.3, 0.4) is 0 Å². The molecular weight excluding hydrogens is 248 g/mol. The number of nitrogens with two attached hydrogens (primary N) is 1. The molecule has 3 nitrogen and oxygen atoms in total. The van der Waals surface area contributed by atoms with E-state index in [9.17, 15) is 4.79 Å². The molecule has 0 aromatic heterocycles. The monoisotopic (exact) mass is 268 g/mol. The largest absolute Gasteiger partial charge is 0.398 e. The fourth-order valence-corrected chi connectivity index (χ4v) is 2.21. The van der Waals surface area contributed by atoms with Crippen LogP contribution in [0, 0.1) is 6.92 Å². The minimum Gasteiger partial charge on any atom is -0.398 e. The van der Waals surface area contributed by atoms with Gasteiger partial charge >= 0.3 is 0 Å². The summed E-state index contributed by atoms with van der Waals surface area (Å²) in [5.41, 5.74) is 10.7. The average molecular weight is 268 g/mol. The Morgan fingerprint density at radius 3 is 2.65 bits per heavy atom. The molecule has 0 unspecified atom stereocenters. The summed E-state index contributed by atoms with van der Waals surface area (Å²) in [6.07, 6.45) is 1.26. The molecule has 1 amide bonds. The van der Waals surface area contributed by atoms with E-state index in [1.54, 1.807) is 0 Å². The Balaban J connectivity index is 2.03. The molecule has 0 radical (unpaired) electrons. The van der Waals surface area contributed by atoms with Gasteiger partial charge in [0.1, 0.15) is 0 Å². The van der Waals surface area contributed by atoms with Crippen LogP contribution >= 0.6 is 0 Å². The molecule has 0 saturated carbocycles. The maximum atomic E-state index is 12.0. The summed E-state index contributed by atoms with van der Waals surface area (Å²) in [5, 5.41) is 2.88. The number of anilines is 2. The van der Waals surface area contributed by atoms with Crippen molar-refractivity contribution in [1.82, 2.24) is 0 Å². The van der Waals surface area contributed by atoms with Gasteiger partial charge in [0.25, 0.3) is 0 Å². The zero-order valence-corrected chi connectivity index (χ0v) is 11.9. The van der Waals surface area contributed by atoms with Crippen molar-refractivity contribution in [2.24, 2.45) is 0 Å². The van der Waals surface area contributed by atoms with E-state index in [2.05, 4.69) is 12.2 Å². The predicted octanol–water partition coefficient (Wildman–Crippen LogP) is 3.32. The number of nitrogens with one attached hydrogen (secondary N) is 1. The number of aryl methyl sites for hydroxylation is 2. The van der Waals surface area contributed by atoms with Crippen molar-refractivity contribution in [3.8, 4) is 0 Å². The third-order valence-electron chi connectivity index (χ3n) is 3.26. The molecule has 3 heteroatoms. The normalized spacial score (nSPS) is 10.3. The van der Waals surface area contributed by atoms with E-state index < -0.39 is 0 Å². The summed E-state index contributed by atoms with van der Waals surface area (Å²) >= 11 is 0. The molecule has 0 heterocycles. The van der Waals surface area contributed by atoms with Crippen LogP contribution in [0.5, 0.6) is 0 Å². The number of amides is 1. The van der Waals surface area contributed by atoms with Gasteiger partial charge in [-0.05, 0) is 36.6 Å². The molecule has 3 N–H and O–H groups in total. The lowest BCUT2D eigenvalue weighted by molar-refractivity contribution is -0.115. The Kier molecular flexibility index (Phi) is 4.41. The fraction of sp³-hybridized carbons (Fsp3) is 0.235. The molecule has 0 saturated heterocycles. The van der Waals surface area contributed by atoms with E-state index in [1.165, 1.54) is 0 Å². The smallest absolute Gasteiger partial charge is 0.228 e. The van der Waals surface area contributed by atoms with Gasteiger partial charge in [-0.15, -0.1) is 0 Å². The fourth-order valence-electron chi connectivity index (χ4n) is 2.21. The number of benzene rings is 2. The maximum absolute atomic E-state index is 12.0. The molecule has 0 aliphatic heterocycles. The highest BCUT2D eigenvalue weighted by Gasteiger charge is 2.05. The van der Waals surface area contributed by atoms with E-state index in [1.807, 2.05) is 49.4 Å². The molecule has 2 rings (SSSR count). The van der Waals surface area contributed by atoms with Crippen molar-refractivity contribution < 1.29 is 4.79 Å². The number of carbonyl (C=O) groups is 1. The van der Waals surface area contributed by atoms with Crippen molar-refractivity contribution >= 4 is 17.3 Å². The number of nitrogen functional groups attached to an aromatic ring is 1. The van der Waals surface area contributed by atoms with Crippen LogP contribution in [0.2, 0.25) is 0 Å². The zero-order valence-electron chi connectivity index (χ0n) is 11.9. The molecule has 2 aromatic carbocycles. The summed E-state index contributed by atoms with van der Waals surface area (Å²) in [4.78, 5) is 12.0. The number of hydrogen-bond donors (Lipinski definition) is 2. The average Bonchev–Trinajstić information content (AvgIpc) is 2.38. The van der Waals surface area contributed by atoms with Crippen LogP contribution in [0.1, 0.15) is 23.6 Å². The van der Waals surface area contributed by atoms with Crippen molar-refractivity contribution in [3.05, 3.63) is 59.2 Å². The molecule has 0 spiro atoms. The highest BCUT2D eigenvalue weighted by molar-refractivity contribution is 5.92. The highest BCUT2D eigenvalue weighted by Crippen LogP contribution is 2.18. The second-order valence-electron chi connectivity index (χ2n) is 4.98. The highest BCUT2D eigenvalue weighted by atomic mass is 16.1. The van der Waals surface area contributed by atoms with Crippen LogP contribution in [0.25, 0.3) is 0 Å². The third kappa shape index (κ3) is 3.60. The molecule has 2 aromatic rings. The van der Waals surface area contributed by atoms with Crippen molar-refractivity contribution in [2.75, 3.05) is 11.1 Å². The van der Waals surface area contributed by atoms with Crippen LogP contribution < -0.4 is 11.1 Å². The summed E-state index contributed by atoms with van der Waals surface area (Å²) in [6.45, 7) is 4.08. The van der Waals surface area contributed by atoms with E-state index in [-0.39, 0.29) is 5.91 Å². The Morgan fingerprint density at radius 1 is 1.20 bits per heavy atom. The Labute approximate surface area is 119 Å². The van der Waals surface area contributed by atoms with Gasteiger partial charge in [-0.3, -0.25) is 4.79 Å². The first-order valence-corrected chi connectivity index (χ1v) is 6.82. The first kappa shape index (κ1) is 14.1. The van der Waals surface area contributed by atoms with Gasteiger partial charge in [0.2, 0.25) is 5.91 Å². The summed E-state index contributed by atoms with van der Waals surface area (Å²) in [7, 11) is 0.